The maximum atomic E-state index is 10.7. The lowest BCUT2D eigenvalue weighted by Crippen LogP contribution is -2.01. The van der Waals surface area contributed by atoms with Crippen molar-refractivity contribution in [2.24, 2.45) is 0 Å². The van der Waals surface area contributed by atoms with Gasteiger partial charge in [-0.3, -0.25) is 9.78 Å². The molecule has 1 heterocycles. The fourth-order valence-electron chi connectivity index (χ4n) is 1.47. The summed E-state index contributed by atoms with van der Waals surface area (Å²) in [5.41, 5.74) is 0.795. The number of carbonyl (C=O) groups is 1. The predicted octanol–water partition coefficient (Wildman–Crippen LogP) is 2.30. The quantitative estimate of drug-likeness (QED) is 0.700. The van der Waals surface area contributed by atoms with Gasteiger partial charge in [0.2, 0.25) is 0 Å². The average Bonchev–Trinajstić information content (AvgIpc) is 2.26. The highest BCUT2D eigenvalue weighted by Gasteiger charge is 2.02. The first kappa shape index (κ1) is 9.65. The molecule has 0 N–H and O–H groups in total. The van der Waals surface area contributed by atoms with Crippen LogP contribution in [0.25, 0.3) is 10.8 Å². The molecule has 0 fully saturated rings. The van der Waals surface area contributed by atoms with Crippen molar-refractivity contribution in [2.45, 2.75) is 13.5 Å². The molecule has 0 aliphatic heterocycles. The topological polar surface area (TPSA) is 39.2 Å². The van der Waals surface area contributed by atoms with E-state index in [1.54, 1.807) is 6.20 Å². The van der Waals surface area contributed by atoms with Gasteiger partial charge in [-0.25, -0.2) is 0 Å². The van der Waals surface area contributed by atoms with Crippen molar-refractivity contribution in [3.8, 4) is 0 Å². The molecular formula is C12H11NO2. The molecule has 0 atom stereocenters. The van der Waals surface area contributed by atoms with Gasteiger partial charge in [0, 0.05) is 18.5 Å². The number of hydrogen-bond acceptors (Lipinski definition) is 3. The van der Waals surface area contributed by atoms with Crippen LogP contribution < -0.4 is 0 Å². The molecule has 0 aliphatic rings. The highest BCUT2D eigenvalue weighted by molar-refractivity contribution is 5.84. The first-order chi connectivity index (χ1) is 7.27. The van der Waals surface area contributed by atoms with E-state index in [9.17, 15) is 4.79 Å². The van der Waals surface area contributed by atoms with Gasteiger partial charge in [0.15, 0.2) is 0 Å². The first-order valence-corrected chi connectivity index (χ1v) is 4.73. The summed E-state index contributed by atoms with van der Waals surface area (Å²) in [4.78, 5) is 14.9. The molecule has 0 spiro atoms. The van der Waals surface area contributed by atoms with Crippen LogP contribution in [0.15, 0.2) is 36.5 Å². The van der Waals surface area contributed by atoms with E-state index in [-0.39, 0.29) is 12.6 Å². The van der Waals surface area contributed by atoms with E-state index in [1.165, 1.54) is 6.92 Å². The van der Waals surface area contributed by atoms with Crippen molar-refractivity contribution in [3.63, 3.8) is 0 Å². The van der Waals surface area contributed by atoms with Crippen LogP contribution in [0.4, 0.5) is 0 Å². The molecule has 1 aromatic heterocycles. The molecule has 0 amide bonds. The summed E-state index contributed by atoms with van der Waals surface area (Å²) in [5.74, 6) is -0.287. The van der Waals surface area contributed by atoms with Gasteiger partial charge in [0.25, 0.3) is 0 Å². The van der Waals surface area contributed by atoms with E-state index in [1.807, 2.05) is 30.3 Å². The molecule has 76 valence electrons. The number of aromatic nitrogens is 1. The van der Waals surface area contributed by atoms with E-state index >= 15 is 0 Å². The van der Waals surface area contributed by atoms with Crippen LogP contribution in [-0.4, -0.2) is 11.0 Å². The molecule has 0 aliphatic carbocycles. The predicted molar refractivity (Wildman–Crippen MR) is 57.2 cm³/mol. The van der Waals surface area contributed by atoms with Crippen LogP contribution >= 0.6 is 0 Å². The van der Waals surface area contributed by atoms with E-state index in [4.69, 9.17) is 4.74 Å². The lowest BCUT2D eigenvalue weighted by molar-refractivity contribution is -0.142. The third-order valence-corrected chi connectivity index (χ3v) is 2.17. The van der Waals surface area contributed by atoms with Gasteiger partial charge < -0.3 is 4.74 Å². The van der Waals surface area contributed by atoms with Gasteiger partial charge in [0.1, 0.15) is 6.61 Å². The molecule has 0 bridgehead atoms. The van der Waals surface area contributed by atoms with Crippen molar-refractivity contribution >= 4 is 16.7 Å². The summed E-state index contributed by atoms with van der Waals surface area (Å²) >= 11 is 0. The maximum absolute atomic E-state index is 10.7. The molecule has 15 heavy (non-hydrogen) atoms. The Hall–Kier alpha value is -1.90. The largest absolute Gasteiger partial charge is 0.459 e. The monoisotopic (exact) mass is 201 g/mol. The van der Waals surface area contributed by atoms with Gasteiger partial charge in [-0.15, -0.1) is 0 Å². The number of benzene rings is 1. The van der Waals surface area contributed by atoms with Crippen LogP contribution in [0.5, 0.6) is 0 Å². The second-order valence-electron chi connectivity index (χ2n) is 3.26. The number of rotatable bonds is 2. The molecule has 0 saturated heterocycles. The fraction of sp³-hybridized carbons (Fsp3) is 0.167. The maximum Gasteiger partial charge on any atom is 0.303 e. The Labute approximate surface area is 87.7 Å². The van der Waals surface area contributed by atoms with Crippen molar-refractivity contribution in [1.82, 2.24) is 4.98 Å². The summed E-state index contributed by atoms with van der Waals surface area (Å²) in [6.07, 6.45) is 1.72. The SMILES string of the molecule is CC(=O)OCc1nccc2ccccc12. The average molecular weight is 201 g/mol. The third-order valence-electron chi connectivity index (χ3n) is 2.17. The van der Waals surface area contributed by atoms with Crippen molar-refractivity contribution in [2.75, 3.05) is 0 Å². The zero-order valence-electron chi connectivity index (χ0n) is 8.43. The molecular weight excluding hydrogens is 190 g/mol. The van der Waals surface area contributed by atoms with Gasteiger partial charge in [-0.05, 0) is 11.5 Å². The zero-order valence-corrected chi connectivity index (χ0v) is 8.43. The number of pyridine rings is 1. The third kappa shape index (κ3) is 2.13. The van der Waals surface area contributed by atoms with Crippen molar-refractivity contribution < 1.29 is 9.53 Å². The summed E-state index contributed by atoms with van der Waals surface area (Å²) < 4.78 is 4.93. The number of nitrogens with zero attached hydrogens (tertiary/aromatic N) is 1. The molecule has 0 radical (unpaired) electrons. The lowest BCUT2D eigenvalue weighted by Gasteiger charge is -2.04. The molecule has 2 rings (SSSR count). The fourth-order valence-corrected chi connectivity index (χ4v) is 1.47. The minimum absolute atomic E-state index is 0.233. The van der Waals surface area contributed by atoms with Crippen molar-refractivity contribution in [1.29, 1.82) is 0 Å². The van der Waals surface area contributed by atoms with Gasteiger partial charge in [-0.2, -0.15) is 0 Å². The molecule has 1 aromatic carbocycles. The number of carbonyl (C=O) groups excluding carboxylic acids is 1. The second kappa shape index (κ2) is 4.09. The van der Waals surface area contributed by atoms with Crippen LogP contribution in [-0.2, 0) is 16.1 Å². The molecule has 0 unspecified atom stereocenters. The zero-order chi connectivity index (χ0) is 10.7. The van der Waals surface area contributed by atoms with E-state index in [0.29, 0.717) is 0 Å². The van der Waals surface area contributed by atoms with Crippen LogP contribution in [0.2, 0.25) is 0 Å². The number of ether oxygens (including phenoxy) is 1. The van der Waals surface area contributed by atoms with Crippen LogP contribution in [0.3, 0.4) is 0 Å². The van der Waals surface area contributed by atoms with Gasteiger partial charge in [-0.1, -0.05) is 24.3 Å². The highest BCUT2D eigenvalue weighted by atomic mass is 16.5. The number of esters is 1. The van der Waals surface area contributed by atoms with Crippen molar-refractivity contribution in [3.05, 3.63) is 42.2 Å². The van der Waals surface area contributed by atoms with Gasteiger partial charge >= 0.3 is 5.97 Å². The molecule has 3 heteroatoms. The Morgan fingerprint density at radius 1 is 1.33 bits per heavy atom. The Bertz CT molecular complexity index is 488. The smallest absolute Gasteiger partial charge is 0.303 e. The Balaban J connectivity index is 2.38. The summed E-state index contributed by atoms with van der Waals surface area (Å²) in [7, 11) is 0. The Morgan fingerprint density at radius 2 is 2.13 bits per heavy atom. The highest BCUT2D eigenvalue weighted by Crippen LogP contribution is 2.16. The Morgan fingerprint density at radius 3 is 2.93 bits per heavy atom. The molecule has 0 saturated carbocycles. The second-order valence-corrected chi connectivity index (χ2v) is 3.26. The number of fused-ring (bicyclic) bond motifs is 1. The van der Waals surface area contributed by atoms with Crippen LogP contribution in [0, 0.1) is 0 Å². The normalized spacial score (nSPS) is 10.2. The summed E-state index contributed by atoms with van der Waals surface area (Å²) in [6.45, 7) is 1.63. The molecule has 3 nitrogen and oxygen atoms in total. The minimum Gasteiger partial charge on any atom is -0.459 e. The Kier molecular flexibility index (Phi) is 2.63. The number of hydrogen-bond donors (Lipinski definition) is 0. The standard InChI is InChI=1S/C12H11NO2/c1-9(14)15-8-12-11-5-3-2-4-10(11)6-7-13-12/h2-7H,8H2,1H3. The lowest BCUT2D eigenvalue weighted by atomic mass is 10.1. The van der Waals surface area contributed by atoms with E-state index in [2.05, 4.69) is 4.98 Å². The van der Waals surface area contributed by atoms with Crippen LogP contribution in [0.1, 0.15) is 12.6 Å². The minimum atomic E-state index is -0.287. The first-order valence-electron chi connectivity index (χ1n) is 4.73. The summed E-state index contributed by atoms with van der Waals surface area (Å²) in [5, 5.41) is 2.14. The van der Waals surface area contributed by atoms with E-state index < -0.39 is 0 Å². The summed E-state index contributed by atoms with van der Waals surface area (Å²) in [6, 6.07) is 9.83. The van der Waals surface area contributed by atoms with E-state index in [0.717, 1.165) is 16.5 Å². The molecule has 2 aromatic rings. The van der Waals surface area contributed by atoms with Gasteiger partial charge in [0.05, 0.1) is 5.69 Å².